The molecule has 0 bridgehead atoms. The molecule has 0 saturated carbocycles. The normalized spacial score (nSPS) is 10.1. The summed E-state index contributed by atoms with van der Waals surface area (Å²) in [6.45, 7) is 0.405. The Bertz CT molecular complexity index is 626. The number of benzene rings is 1. The smallest absolute Gasteiger partial charge is 0.293 e. The number of hydrogen-bond donors (Lipinski definition) is 2. The molecule has 2 rings (SSSR count). The molecule has 0 atom stereocenters. The van der Waals surface area contributed by atoms with Crippen LogP contribution in [0.4, 0.5) is 11.4 Å². The maximum absolute atomic E-state index is 12.1. The summed E-state index contributed by atoms with van der Waals surface area (Å²) in [5.74, 6) is -0.341. The lowest BCUT2D eigenvalue weighted by Crippen LogP contribution is -2.23. The number of nitrogens with zero attached hydrogens (tertiary/aromatic N) is 1. The minimum atomic E-state index is -0.512. The maximum atomic E-state index is 12.1. The second-order valence-electron chi connectivity index (χ2n) is 3.97. The quantitative estimate of drug-likeness (QED) is 0.655. The summed E-state index contributed by atoms with van der Waals surface area (Å²) >= 11 is 1.54. The van der Waals surface area contributed by atoms with Crippen molar-refractivity contribution >= 4 is 28.6 Å². The first-order valence-corrected chi connectivity index (χ1v) is 6.77. The van der Waals surface area contributed by atoms with E-state index in [9.17, 15) is 14.9 Å². The van der Waals surface area contributed by atoms with Crippen LogP contribution in [0, 0.1) is 10.1 Å². The Morgan fingerprint density at radius 1 is 1.35 bits per heavy atom. The molecule has 0 fully saturated rings. The molecule has 1 aromatic carbocycles. The highest BCUT2D eigenvalue weighted by Crippen LogP contribution is 2.27. The van der Waals surface area contributed by atoms with Gasteiger partial charge in [0.25, 0.3) is 11.6 Å². The Morgan fingerprint density at radius 3 is 2.75 bits per heavy atom. The number of anilines is 1. The van der Waals surface area contributed by atoms with Crippen LogP contribution in [-0.2, 0) is 6.54 Å². The van der Waals surface area contributed by atoms with E-state index in [1.165, 1.54) is 23.5 Å². The second kappa shape index (κ2) is 6.16. The third-order valence-electron chi connectivity index (χ3n) is 2.74. The van der Waals surface area contributed by atoms with Crippen molar-refractivity contribution in [3.63, 3.8) is 0 Å². The van der Waals surface area contributed by atoms with E-state index in [1.807, 2.05) is 17.5 Å². The minimum absolute atomic E-state index is 0.115. The molecule has 2 N–H and O–H groups in total. The zero-order valence-corrected chi connectivity index (χ0v) is 11.6. The van der Waals surface area contributed by atoms with Gasteiger partial charge >= 0.3 is 0 Å². The van der Waals surface area contributed by atoms with Crippen molar-refractivity contribution in [1.82, 2.24) is 5.32 Å². The molecular weight excluding hydrogens is 278 g/mol. The van der Waals surface area contributed by atoms with E-state index in [0.29, 0.717) is 6.54 Å². The fourth-order valence-electron chi connectivity index (χ4n) is 1.82. The fraction of sp³-hybridized carbons (Fsp3) is 0.154. The Morgan fingerprint density at radius 2 is 2.15 bits per heavy atom. The molecule has 6 nitrogen and oxygen atoms in total. The molecule has 0 aliphatic rings. The summed E-state index contributed by atoms with van der Waals surface area (Å²) in [5, 5.41) is 18.3. The average molecular weight is 291 g/mol. The van der Waals surface area contributed by atoms with Crippen LogP contribution in [0.1, 0.15) is 15.2 Å². The molecule has 7 heteroatoms. The lowest BCUT2D eigenvalue weighted by atomic mass is 10.1. The van der Waals surface area contributed by atoms with Gasteiger partial charge < -0.3 is 10.6 Å². The van der Waals surface area contributed by atoms with Crippen molar-refractivity contribution in [3.8, 4) is 0 Å². The minimum Gasteiger partial charge on any atom is -0.382 e. The van der Waals surface area contributed by atoms with Crippen molar-refractivity contribution in [2.45, 2.75) is 6.54 Å². The van der Waals surface area contributed by atoms with Crippen molar-refractivity contribution in [2.75, 3.05) is 12.4 Å². The van der Waals surface area contributed by atoms with Gasteiger partial charge in [0.05, 0.1) is 17.0 Å². The molecule has 104 valence electrons. The van der Waals surface area contributed by atoms with Crippen molar-refractivity contribution < 1.29 is 9.72 Å². The number of para-hydroxylation sites is 1. The zero-order chi connectivity index (χ0) is 14.5. The topological polar surface area (TPSA) is 84.3 Å². The summed E-state index contributed by atoms with van der Waals surface area (Å²) in [5.41, 5.74) is 0.371. The molecule has 0 spiro atoms. The maximum Gasteiger partial charge on any atom is 0.293 e. The molecule has 1 aromatic heterocycles. The first kappa shape index (κ1) is 14.0. The van der Waals surface area contributed by atoms with Crippen LogP contribution in [0.5, 0.6) is 0 Å². The Balaban J connectivity index is 2.21. The van der Waals surface area contributed by atoms with Crippen LogP contribution in [0.15, 0.2) is 35.7 Å². The summed E-state index contributed by atoms with van der Waals surface area (Å²) in [6, 6.07) is 8.24. The lowest BCUT2D eigenvalue weighted by Gasteiger charge is -2.09. The van der Waals surface area contributed by atoms with Crippen LogP contribution in [0.3, 0.4) is 0 Å². The number of thiophene rings is 1. The summed E-state index contributed by atoms with van der Waals surface area (Å²) in [4.78, 5) is 23.6. The first-order chi connectivity index (χ1) is 9.63. The number of nitro groups is 1. The summed E-state index contributed by atoms with van der Waals surface area (Å²) in [6.07, 6.45) is 0. The van der Waals surface area contributed by atoms with Gasteiger partial charge in [-0.2, -0.15) is 0 Å². The standard InChI is InChI=1S/C13H13N3O3S/c1-14-12-10(5-2-6-11(12)16(18)19)13(17)15-8-9-4-3-7-20-9/h2-7,14H,8H2,1H3,(H,15,17). The molecule has 0 unspecified atom stereocenters. The predicted octanol–water partition coefficient (Wildman–Crippen LogP) is 2.63. The number of rotatable bonds is 5. The zero-order valence-electron chi connectivity index (χ0n) is 10.8. The molecule has 0 radical (unpaired) electrons. The number of nitro benzene ring substituents is 1. The van der Waals surface area contributed by atoms with E-state index < -0.39 is 4.92 Å². The van der Waals surface area contributed by atoms with E-state index >= 15 is 0 Å². The molecule has 1 amide bonds. The van der Waals surface area contributed by atoms with Crippen LogP contribution < -0.4 is 10.6 Å². The number of hydrogen-bond acceptors (Lipinski definition) is 5. The van der Waals surface area contributed by atoms with E-state index in [4.69, 9.17) is 0 Å². The summed E-state index contributed by atoms with van der Waals surface area (Å²) < 4.78 is 0. The highest BCUT2D eigenvalue weighted by atomic mass is 32.1. The monoisotopic (exact) mass is 291 g/mol. The average Bonchev–Trinajstić information content (AvgIpc) is 2.97. The lowest BCUT2D eigenvalue weighted by molar-refractivity contribution is -0.384. The third-order valence-corrected chi connectivity index (χ3v) is 3.61. The van der Waals surface area contributed by atoms with E-state index in [0.717, 1.165) is 4.88 Å². The largest absolute Gasteiger partial charge is 0.382 e. The van der Waals surface area contributed by atoms with E-state index in [1.54, 1.807) is 13.1 Å². The molecular formula is C13H13N3O3S. The van der Waals surface area contributed by atoms with Crippen LogP contribution in [0.25, 0.3) is 0 Å². The van der Waals surface area contributed by atoms with Gasteiger partial charge in [-0.1, -0.05) is 12.1 Å². The Labute approximate surface area is 119 Å². The van der Waals surface area contributed by atoms with E-state index in [2.05, 4.69) is 10.6 Å². The van der Waals surface area contributed by atoms with Gasteiger partial charge in [0.2, 0.25) is 0 Å². The molecule has 2 aromatic rings. The number of amides is 1. The second-order valence-corrected chi connectivity index (χ2v) is 5.00. The summed E-state index contributed by atoms with van der Waals surface area (Å²) in [7, 11) is 1.55. The van der Waals surface area contributed by atoms with Gasteiger partial charge in [-0.15, -0.1) is 11.3 Å². The van der Waals surface area contributed by atoms with E-state index in [-0.39, 0.29) is 22.8 Å². The van der Waals surface area contributed by atoms with Gasteiger partial charge in [-0.05, 0) is 17.5 Å². The van der Waals surface area contributed by atoms with Crippen LogP contribution in [-0.4, -0.2) is 17.9 Å². The third kappa shape index (κ3) is 2.94. The first-order valence-electron chi connectivity index (χ1n) is 5.89. The van der Waals surface area contributed by atoms with Gasteiger partial charge in [-0.25, -0.2) is 0 Å². The van der Waals surface area contributed by atoms with Crippen LogP contribution >= 0.6 is 11.3 Å². The Hall–Kier alpha value is -2.41. The van der Waals surface area contributed by atoms with Gasteiger partial charge in [0.1, 0.15) is 5.69 Å². The fourth-order valence-corrected chi connectivity index (χ4v) is 2.46. The van der Waals surface area contributed by atoms with Crippen molar-refractivity contribution in [1.29, 1.82) is 0 Å². The molecule has 1 heterocycles. The molecule has 0 aliphatic heterocycles. The molecule has 0 aliphatic carbocycles. The molecule has 0 saturated heterocycles. The number of carbonyl (C=O) groups excluding carboxylic acids is 1. The predicted molar refractivity (Wildman–Crippen MR) is 78.1 cm³/mol. The van der Waals surface area contributed by atoms with Crippen molar-refractivity contribution in [2.24, 2.45) is 0 Å². The SMILES string of the molecule is CNc1c(C(=O)NCc2cccs2)cccc1[N+](=O)[O-]. The van der Waals surface area contributed by atoms with Crippen molar-refractivity contribution in [3.05, 3.63) is 56.3 Å². The van der Waals surface area contributed by atoms with Crippen LogP contribution in [0.2, 0.25) is 0 Å². The highest BCUT2D eigenvalue weighted by molar-refractivity contribution is 7.09. The highest BCUT2D eigenvalue weighted by Gasteiger charge is 2.20. The van der Waals surface area contributed by atoms with Gasteiger partial charge in [0, 0.05) is 18.0 Å². The number of carbonyl (C=O) groups is 1. The number of nitrogens with one attached hydrogen (secondary N) is 2. The Kier molecular flexibility index (Phi) is 4.31. The van der Waals surface area contributed by atoms with Gasteiger partial charge in [0.15, 0.2) is 0 Å². The molecule has 20 heavy (non-hydrogen) atoms. The van der Waals surface area contributed by atoms with Gasteiger partial charge in [-0.3, -0.25) is 14.9 Å².